The number of halogens is 2. The molecule has 10 heteroatoms. The number of nitrogens with one attached hydrogen (secondary N) is 1. The van der Waals surface area contributed by atoms with Crippen molar-refractivity contribution in [2.45, 2.75) is 6.61 Å². The zero-order chi connectivity index (χ0) is 23.1. The first-order valence-corrected chi connectivity index (χ1v) is 10.2. The molecule has 5 rings (SSSR count). The van der Waals surface area contributed by atoms with Gasteiger partial charge in [0.2, 0.25) is 0 Å². The van der Waals surface area contributed by atoms with Gasteiger partial charge >= 0.3 is 0 Å². The maximum absolute atomic E-state index is 13.5. The Bertz CT molecular complexity index is 1420. The summed E-state index contributed by atoms with van der Waals surface area (Å²) in [5.41, 5.74) is 8.52. The molecule has 1 aliphatic rings. The van der Waals surface area contributed by atoms with Gasteiger partial charge in [0.1, 0.15) is 18.2 Å². The lowest BCUT2D eigenvalue weighted by Gasteiger charge is -2.21. The van der Waals surface area contributed by atoms with Crippen LogP contribution in [0, 0.1) is 5.82 Å². The van der Waals surface area contributed by atoms with Crippen LogP contribution in [-0.4, -0.2) is 26.6 Å². The predicted octanol–water partition coefficient (Wildman–Crippen LogP) is 3.97. The van der Waals surface area contributed by atoms with E-state index in [1.807, 2.05) is 0 Å². The Morgan fingerprint density at radius 2 is 1.94 bits per heavy atom. The van der Waals surface area contributed by atoms with Gasteiger partial charge in [-0.1, -0.05) is 11.6 Å². The minimum absolute atomic E-state index is 0.0537. The number of amides is 2. The SMILES string of the molecule is NC(=O)c1nn(-c2ccc(F)cc2)c2c1COc1ccc(NC(=O)c3ccncc3Cl)cc1-2. The van der Waals surface area contributed by atoms with E-state index < -0.39 is 17.6 Å². The number of carbonyl (C=O) groups is 2. The van der Waals surface area contributed by atoms with Gasteiger partial charge in [0.15, 0.2) is 5.69 Å². The summed E-state index contributed by atoms with van der Waals surface area (Å²) in [6.07, 6.45) is 2.86. The Labute approximate surface area is 191 Å². The van der Waals surface area contributed by atoms with E-state index in [2.05, 4.69) is 15.4 Å². The summed E-state index contributed by atoms with van der Waals surface area (Å²) in [6, 6.07) is 12.3. The molecule has 0 radical (unpaired) electrons. The topological polar surface area (TPSA) is 112 Å². The Morgan fingerprint density at radius 3 is 2.67 bits per heavy atom. The Balaban J connectivity index is 1.61. The third-order valence-electron chi connectivity index (χ3n) is 5.17. The van der Waals surface area contributed by atoms with Crippen molar-refractivity contribution in [2.24, 2.45) is 5.73 Å². The van der Waals surface area contributed by atoms with E-state index in [1.54, 1.807) is 30.3 Å². The summed E-state index contributed by atoms with van der Waals surface area (Å²) < 4.78 is 20.8. The van der Waals surface area contributed by atoms with Gasteiger partial charge in [-0.15, -0.1) is 0 Å². The first-order valence-electron chi connectivity index (χ1n) is 9.78. The largest absolute Gasteiger partial charge is 0.488 e. The molecule has 0 saturated carbocycles. The number of pyridine rings is 1. The molecule has 1 aliphatic heterocycles. The fourth-order valence-electron chi connectivity index (χ4n) is 3.66. The highest BCUT2D eigenvalue weighted by molar-refractivity contribution is 6.34. The fourth-order valence-corrected chi connectivity index (χ4v) is 3.86. The van der Waals surface area contributed by atoms with Gasteiger partial charge in [0.05, 0.1) is 22.0 Å². The number of nitrogens with zero attached hydrogens (tertiary/aromatic N) is 3. The van der Waals surface area contributed by atoms with Gasteiger partial charge in [-0.3, -0.25) is 14.6 Å². The molecule has 0 spiro atoms. The van der Waals surface area contributed by atoms with Crippen molar-refractivity contribution in [1.82, 2.24) is 14.8 Å². The van der Waals surface area contributed by atoms with Crippen molar-refractivity contribution in [3.63, 3.8) is 0 Å². The van der Waals surface area contributed by atoms with Crippen LogP contribution in [0.15, 0.2) is 60.9 Å². The fraction of sp³-hybridized carbons (Fsp3) is 0.0435. The minimum atomic E-state index is -0.712. The van der Waals surface area contributed by atoms with Crippen molar-refractivity contribution >= 4 is 29.1 Å². The Kier molecular flexibility index (Phi) is 5.02. The maximum atomic E-state index is 13.5. The molecule has 3 N–H and O–H groups in total. The van der Waals surface area contributed by atoms with Crippen molar-refractivity contribution in [2.75, 3.05) is 5.32 Å². The summed E-state index contributed by atoms with van der Waals surface area (Å²) in [6.45, 7) is 0.0835. The smallest absolute Gasteiger partial charge is 0.269 e. The summed E-state index contributed by atoms with van der Waals surface area (Å²) in [4.78, 5) is 28.6. The van der Waals surface area contributed by atoms with Crippen LogP contribution in [0.1, 0.15) is 26.4 Å². The van der Waals surface area contributed by atoms with E-state index in [9.17, 15) is 14.0 Å². The lowest BCUT2D eigenvalue weighted by atomic mass is 10.0. The van der Waals surface area contributed by atoms with Gasteiger partial charge in [0.25, 0.3) is 11.8 Å². The van der Waals surface area contributed by atoms with Gasteiger partial charge in [-0.2, -0.15) is 5.10 Å². The molecular formula is C23H15ClFN5O3. The highest BCUT2D eigenvalue weighted by Crippen LogP contribution is 2.41. The van der Waals surface area contributed by atoms with Gasteiger partial charge < -0.3 is 15.8 Å². The second kappa shape index (κ2) is 8.03. The summed E-state index contributed by atoms with van der Waals surface area (Å²) in [7, 11) is 0. The van der Waals surface area contributed by atoms with Crippen LogP contribution in [0.4, 0.5) is 10.1 Å². The number of aromatic nitrogens is 3. The number of carbonyl (C=O) groups excluding carboxylic acids is 2. The molecule has 8 nitrogen and oxygen atoms in total. The monoisotopic (exact) mass is 463 g/mol. The Hall–Kier alpha value is -4.24. The molecule has 2 aromatic heterocycles. The van der Waals surface area contributed by atoms with Crippen LogP contribution in [0.2, 0.25) is 5.02 Å². The number of hydrogen-bond donors (Lipinski definition) is 2. The van der Waals surface area contributed by atoms with Crippen LogP contribution in [0.25, 0.3) is 16.9 Å². The number of rotatable bonds is 4. The summed E-state index contributed by atoms with van der Waals surface area (Å²) in [5, 5.41) is 7.39. The molecule has 0 atom stereocenters. The second-order valence-corrected chi connectivity index (χ2v) is 7.64. The summed E-state index contributed by atoms with van der Waals surface area (Å²) >= 11 is 6.07. The minimum Gasteiger partial charge on any atom is -0.488 e. The average Bonchev–Trinajstić information content (AvgIpc) is 3.20. The van der Waals surface area contributed by atoms with Crippen LogP contribution >= 0.6 is 11.6 Å². The highest BCUT2D eigenvalue weighted by atomic mass is 35.5. The molecule has 0 bridgehead atoms. The Morgan fingerprint density at radius 1 is 1.15 bits per heavy atom. The van der Waals surface area contributed by atoms with E-state index >= 15 is 0 Å². The molecule has 3 heterocycles. The average molecular weight is 464 g/mol. The number of benzene rings is 2. The molecule has 0 fully saturated rings. The predicted molar refractivity (Wildman–Crippen MR) is 119 cm³/mol. The van der Waals surface area contributed by atoms with E-state index in [0.29, 0.717) is 33.9 Å². The molecule has 33 heavy (non-hydrogen) atoms. The molecule has 2 aromatic carbocycles. The standard InChI is InChI=1S/C23H15ClFN5O3/c24-18-10-27-8-7-15(18)23(32)28-13-3-6-19-16(9-13)21-17(11-33-19)20(22(26)31)29-30(21)14-4-1-12(25)2-5-14/h1-10H,11H2,(H2,26,31)(H,28,32). The van der Waals surface area contributed by atoms with Crippen LogP contribution in [-0.2, 0) is 6.61 Å². The number of nitrogens with two attached hydrogens (primary N) is 1. The highest BCUT2D eigenvalue weighted by Gasteiger charge is 2.29. The third-order valence-corrected chi connectivity index (χ3v) is 5.47. The molecule has 4 aromatic rings. The number of hydrogen-bond acceptors (Lipinski definition) is 5. The quantitative estimate of drug-likeness (QED) is 0.475. The lowest BCUT2D eigenvalue weighted by molar-refractivity contribution is 0.0990. The van der Waals surface area contributed by atoms with Crippen molar-refractivity contribution in [3.8, 4) is 22.7 Å². The van der Waals surface area contributed by atoms with Crippen molar-refractivity contribution < 1.29 is 18.7 Å². The van der Waals surface area contributed by atoms with E-state index in [1.165, 1.54) is 35.3 Å². The van der Waals surface area contributed by atoms with E-state index in [-0.39, 0.29) is 22.9 Å². The first-order chi connectivity index (χ1) is 15.9. The molecule has 2 amide bonds. The zero-order valence-corrected chi connectivity index (χ0v) is 17.6. The van der Waals surface area contributed by atoms with E-state index in [0.717, 1.165) is 0 Å². The van der Waals surface area contributed by atoms with E-state index in [4.69, 9.17) is 22.1 Å². The van der Waals surface area contributed by atoms with Crippen LogP contribution in [0.5, 0.6) is 5.75 Å². The third kappa shape index (κ3) is 3.68. The van der Waals surface area contributed by atoms with Crippen molar-refractivity contribution in [3.05, 3.63) is 88.6 Å². The normalized spacial score (nSPS) is 11.8. The van der Waals surface area contributed by atoms with Crippen LogP contribution in [0.3, 0.4) is 0 Å². The van der Waals surface area contributed by atoms with Gasteiger partial charge in [0, 0.05) is 29.2 Å². The van der Waals surface area contributed by atoms with Gasteiger partial charge in [-0.25, -0.2) is 9.07 Å². The summed E-state index contributed by atoms with van der Waals surface area (Å²) in [5.74, 6) is -1.000. The van der Waals surface area contributed by atoms with Crippen molar-refractivity contribution in [1.29, 1.82) is 0 Å². The molecule has 0 unspecified atom stereocenters. The number of anilines is 1. The number of primary amides is 1. The lowest BCUT2D eigenvalue weighted by Crippen LogP contribution is -2.16. The molecule has 0 saturated heterocycles. The number of fused-ring (bicyclic) bond motifs is 3. The molecule has 0 aliphatic carbocycles. The first kappa shape index (κ1) is 20.7. The number of ether oxygens (including phenoxy) is 1. The molecule has 164 valence electrons. The maximum Gasteiger partial charge on any atom is 0.269 e. The zero-order valence-electron chi connectivity index (χ0n) is 16.9. The molecular weight excluding hydrogens is 449 g/mol. The second-order valence-electron chi connectivity index (χ2n) is 7.24. The van der Waals surface area contributed by atoms with Crippen LogP contribution < -0.4 is 15.8 Å². The van der Waals surface area contributed by atoms with Gasteiger partial charge in [-0.05, 0) is 48.5 Å².